The Balaban J connectivity index is 2.93. The van der Waals surface area contributed by atoms with Crippen molar-refractivity contribution >= 4 is 0 Å². The Morgan fingerprint density at radius 2 is 2.25 bits per heavy atom. The van der Waals surface area contributed by atoms with Crippen molar-refractivity contribution in [2.45, 2.75) is 19.3 Å². The van der Waals surface area contributed by atoms with Crippen molar-refractivity contribution in [2.24, 2.45) is 0 Å². The molecule has 1 unspecified atom stereocenters. The molecule has 12 heavy (non-hydrogen) atoms. The minimum Gasteiger partial charge on any atom is -0.102 e. The summed E-state index contributed by atoms with van der Waals surface area (Å²) in [5, 5.41) is 0. The van der Waals surface area contributed by atoms with Crippen LogP contribution in [0.3, 0.4) is 0 Å². The first-order valence-corrected chi connectivity index (χ1v) is 4.28. The molecule has 0 aliphatic rings. The Morgan fingerprint density at radius 3 is 2.83 bits per heavy atom. The monoisotopic (exact) mass is 159 g/mol. The van der Waals surface area contributed by atoms with Gasteiger partial charge < -0.3 is 0 Å². The fraction of sp³-hybridized carbons (Fsp3) is 0.250. The van der Waals surface area contributed by atoms with Crippen LogP contribution < -0.4 is 0 Å². The predicted octanol–water partition coefficient (Wildman–Crippen LogP) is 3.35. The first kappa shape index (κ1) is 9.05. The van der Waals surface area contributed by atoms with Gasteiger partial charge in [0.25, 0.3) is 0 Å². The third kappa shape index (κ3) is 1.97. The Labute approximate surface area is 74.9 Å². The lowest BCUT2D eigenvalue weighted by Crippen LogP contribution is -1.90. The van der Waals surface area contributed by atoms with Crippen LogP contribution in [0.2, 0.25) is 0 Å². The molecule has 0 saturated carbocycles. The van der Waals surface area contributed by atoms with Gasteiger partial charge in [-0.1, -0.05) is 37.3 Å². The summed E-state index contributed by atoms with van der Waals surface area (Å²) in [5.74, 6) is 0.441. The van der Waals surface area contributed by atoms with E-state index in [0.29, 0.717) is 5.92 Å². The van der Waals surface area contributed by atoms with Gasteiger partial charge in [-0.2, -0.15) is 0 Å². The molecule has 0 aromatic heterocycles. The molecular formula is C12H15. The van der Waals surface area contributed by atoms with E-state index in [1.165, 1.54) is 11.1 Å². The summed E-state index contributed by atoms with van der Waals surface area (Å²) in [5.41, 5.74) is 2.62. The second-order valence-electron chi connectivity index (χ2n) is 3.02. The first-order valence-electron chi connectivity index (χ1n) is 4.28. The fourth-order valence-corrected chi connectivity index (χ4v) is 1.17. The van der Waals surface area contributed by atoms with Crippen LogP contribution in [0.4, 0.5) is 0 Å². The third-order valence-electron chi connectivity index (χ3n) is 2.12. The molecule has 1 aromatic rings. The molecule has 0 fully saturated rings. The Kier molecular flexibility index (Phi) is 3.09. The molecule has 0 saturated heterocycles. The summed E-state index contributed by atoms with van der Waals surface area (Å²) in [7, 11) is 0. The van der Waals surface area contributed by atoms with Crippen LogP contribution in [0.15, 0.2) is 36.9 Å². The quantitative estimate of drug-likeness (QED) is 0.593. The van der Waals surface area contributed by atoms with Crippen molar-refractivity contribution in [3.05, 3.63) is 55.0 Å². The highest BCUT2D eigenvalue weighted by molar-refractivity contribution is 5.28. The van der Waals surface area contributed by atoms with E-state index in [0.717, 1.165) is 6.42 Å². The van der Waals surface area contributed by atoms with Crippen LogP contribution in [0.1, 0.15) is 24.0 Å². The third-order valence-corrected chi connectivity index (χ3v) is 2.12. The smallest absolute Gasteiger partial charge is 0.00130 e. The average molecular weight is 159 g/mol. The minimum absolute atomic E-state index is 0.441. The summed E-state index contributed by atoms with van der Waals surface area (Å²) in [6.45, 7) is 9.78. The van der Waals surface area contributed by atoms with Crippen LogP contribution in [0, 0.1) is 6.92 Å². The van der Waals surface area contributed by atoms with E-state index in [4.69, 9.17) is 0 Å². The van der Waals surface area contributed by atoms with Crippen molar-refractivity contribution in [3.8, 4) is 0 Å². The molecule has 0 aliphatic carbocycles. The highest BCUT2D eigenvalue weighted by Gasteiger charge is 1.99. The maximum Gasteiger partial charge on any atom is -0.00130 e. The Morgan fingerprint density at radius 1 is 1.50 bits per heavy atom. The topological polar surface area (TPSA) is 0 Å². The first-order chi connectivity index (χ1) is 5.77. The zero-order valence-corrected chi connectivity index (χ0v) is 7.59. The Bertz CT molecular complexity index is 260. The molecule has 0 nitrogen and oxygen atoms in total. The highest BCUT2D eigenvalue weighted by Crippen LogP contribution is 2.17. The fourth-order valence-electron chi connectivity index (χ4n) is 1.17. The molecule has 63 valence electrons. The van der Waals surface area contributed by atoms with Crippen LogP contribution >= 0.6 is 0 Å². The number of allylic oxidation sites excluding steroid dienone is 1. The van der Waals surface area contributed by atoms with Gasteiger partial charge in [-0.25, -0.2) is 0 Å². The van der Waals surface area contributed by atoms with Crippen molar-refractivity contribution < 1.29 is 0 Å². The zero-order chi connectivity index (χ0) is 8.97. The van der Waals surface area contributed by atoms with E-state index in [9.17, 15) is 0 Å². The van der Waals surface area contributed by atoms with Gasteiger partial charge in [0.05, 0.1) is 0 Å². The molecule has 0 amide bonds. The normalized spacial score (nSPS) is 12.5. The molecule has 0 N–H and O–H groups in total. The SMILES string of the molecule is [CH2]Cc1cccc(C(C)C=C)c1. The number of hydrogen-bond acceptors (Lipinski definition) is 0. The molecule has 1 radical (unpaired) electrons. The Hall–Kier alpha value is -1.04. The van der Waals surface area contributed by atoms with Crippen molar-refractivity contribution in [2.75, 3.05) is 0 Å². The minimum atomic E-state index is 0.441. The lowest BCUT2D eigenvalue weighted by Gasteiger charge is -2.07. The summed E-state index contributed by atoms with van der Waals surface area (Å²) < 4.78 is 0. The predicted molar refractivity (Wildman–Crippen MR) is 54.1 cm³/mol. The molecular weight excluding hydrogens is 144 g/mol. The van der Waals surface area contributed by atoms with E-state index >= 15 is 0 Å². The van der Waals surface area contributed by atoms with E-state index in [2.05, 4.69) is 44.7 Å². The number of benzene rings is 1. The van der Waals surface area contributed by atoms with Crippen LogP contribution in [0.25, 0.3) is 0 Å². The maximum atomic E-state index is 3.86. The van der Waals surface area contributed by atoms with Crippen molar-refractivity contribution in [1.29, 1.82) is 0 Å². The van der Waals surface area contributed by atoms with Crippen molar-refractivity contribution in [1.82, 2.24) is 0 Å². The average Bonchev–Trinajstić information content (AvgIpc) is 2.17. The standard InChI is InChI=1S/C12H15/c1-4-10(3)12-8-6-7-11(5-2)9-12/h4,6-10H,1-2,5H2,3H3. The van der Waals surface area contributed by atoms with Gasteiger partial charge in [0.1, 0.15) is 0 Å². The molecule has 1 aromatic carbocycles. The van der Waals surface area contributed by atoms with Gasteiger partial charge in [-0.3, -0.25) is 0 Å². The number of rotatable bonds is 3. The summed E-state index contributed by atoms with van der Waals surface area (Å²) >= 11 is 0. The van der Waals surface area contributed by atoms with Gasteiger partial charge >= 0.3 is 0 Å². The molecule has 1 rings (SSSR count). The summed E-state index contributed by atoms with van der Waals surface area (Å²) in [6.07, 6.45) is 2.82. The maximum absolute atomic E-state index is 3.86. The number of hydrogen-bond donors (Lipinski definition) is 0. The van der Waals surface area contributed by atoms with E-state index < -0.39 is 0 Å². The lowest BCUT2D eigenvalue weighted by molar-refractivity contribution is 0.965. The highest BCUT2D eigenvalue weighted by atomic mass is 14.0. The van der Waals surface area contributed by atoms with Crippen LogP contribution in [-0.2, 0) is 6.42 Å². The molecule has 0 heterocycles. The van der Waals surface area contributed by atoms with Crippen LogP contribution in [-0.4, -0.2) is 0 Å². The van der Waals surface area contributed by atoms with Gasteiger partial charge in [0, 0.05) is 0 Å². The summed E-state index contributed by atoms with van der Waals surface area (Å²) in [6, 6.07) is 8.51. The van der Waals surface area contributed by atoms with E-state index in [-0.39, 0.29) is 0 Å². The van der Waals surface area contributed by atoms with Crippen molar-refractivity contribution in [3.63, 3.8) is 0 Å². The zero-order valence-electron chi connectivity index (χ0n) is 7.59. The van der Waals surface area contributed by atoms with Gasteiger partial charge in [-0.15, -0.1) is 6.58 Å². The van der Waals surface area contributed by atoms with Crippen LogP contribution in [0.5, 0.6) is 0 Å². The molecule has 0 heteroatoms. The van der Waals surface area contributed by atoms with E-state index in [1.807, 2.05) is 6.08 Å². The van der Waals surface area contributed by atoms with Gasteiger partial charge in [0.15, 0.2) is 0 Å². The largest absolute Gasteiger partial charge is 0.102 e. The van der Waals surface area contributed by atoms with E-state index in [1.54, 1.807) is 0 Å². The molecule has 0 aliphatic heterocycles. The second-order valence-corrected chi connectivity index (χ2v) is 3.02. The molecule has 0 bridgehead atoms. The van der Waals surface area contributed by atoms with Gasteiger partial charge in [-0.05, 0) is 30.4 Å². The molecule has 0 spiro atoms. The van der Waals surface area contributed by atoms with Gasteiger partial charge in [0.2, 0.25) is 0 Å². The molecule has 1 atom stereocenters. The lowest BCUT2D eigenvalue weighted by atomic mass is 9.99. The second kappa shape index (κ2) is 4.10. The summed E-state index contributed by atoms with van der Waals surface area (Å²) in [4.78, 5) is 0.